The zero-order valence-corrected chi connectivity index (χ0v) is 11.3. The Balaban J connectivity index is 1.94. The highest BCUT2D eigenvalue weighted by Gasteiger charge is 2.21. The van der Waals surface area contributed by atoms with Crippen LogP contribution in [0.25, 0.3) is 10.4 Å². The van der Waals surface area contributed by atoms with Crippen LogP contribution in [-0.4, -0.2) is 6.04 Å². The molecule has 0 unspecified atom stereocenters. The van der Waals surface area contributed by atoms with E-state index in [0.29, 0.717) is 11.1 Å². The molecule has 0 radical (unpaired) electrons. The third kappa shape index (κ3) is 2.58. The Bertz CT molecular complexity index is 563. The van der Waals surface area contributed by atoms with Gasteiger partial charge in [0.1, 0.15) is 5.82 Å². The van der Waals surface area contributed by atoms with E-state index in [2.05, 4.69) is 5.32 Å². The number of hydrogen-bond acceptors (Lipinski definition) is 2. The second kappa shape index (κ2) is 5.00. The number of thiophene rings is 1. The molecular weight excluding hydrogens is 269 g/mol. The first-order chi connectivity index (χ1) is 8.74. The summed E-state index contributed by atoms with van der Waals surface area (Å²) >= 11 is 7.69. The topological polar surface area (TPSA) is 12.0 Å². The lowest BCUT2D eigenvalue weighted by Gasteiger charge is -2.10. The van der Waals surface area contributed by atoms with Gasteiger partial charge in [0.25, 0.3) is 0 Å². The maximum Gasteiger partial charge on any atom is 0.123 e. The van der Waals surface area contributed by atoms with E-state index >= 15 is 0 Å². The maximum absolute atomic E-state index is 13.4. The molecule has 1 nitrogen and oxygen atoms in total. The fourth-order valence-corrected chi connectivity index (χ4v) is 3.15. The summed E-state index contributed by atoms with van der Waals surface area (Å²) < 4.78 is 13.4. The first-order valence-corrected chi connectivity index (χ1v) is 7.25. The normalized spacial score (nSPS) is 15.0. The van der Waals surface area contributed by atoms with Gasteiger partial charge < -0.3 is 5.32 Å². The van der Waals surface area contributed by atoms with E-state index in [1.807, 2.05) is 17.5 Å². The maximum atomic E-state index is 13.4. The summed E-state index contributed by atoms with van der Waals surface area (Å²) in [4.78, 5) is 0.948. The smallest absolute Gasteiger partial charge is 0.123 e. The number of rotatable bonds is 4. The van der Waals surface area contributed by atoms with Gasteiger partial charge >= 0.3 is 0 Å². The fourth-order valence-electron chi connectivity index (χ4n) is 1.94. The minimum Gasteiger partial charge on any atom is -0.310 e. The van der Waals surface area contributed by atoms with Crippen LogP contribution in [0.1, 0.15) is 18.4 Å². The SMILES string of the molecule is Fc1ccc(CNC2CC2)c(-c2sccc2Cl)c1. The average Bonchev–Trinajstić information content (AvgIpc) is 3.09. The highest BCUT2D eigenvalue weighted by atomic mass is 35.5. The molecule has 1 fully saturated rings. The van der Waals surface area contributed by atoms with Crippen LogP contribution >= 0.6 is 22.9 Å². The summed E-state index contributed by atoms with van der Waals surface area (Å²) in [6.07, 6.45) is 2.49. The molecule has 2 aromatic rings. The molecular formula is C14H13ClFNS. The van der Waals surface area contributed by atoms with Gasteiger partial charge in [-0.1, -0.05) is 17.7 Å². The van der Waals surface area contributed by atoms with Crippen LogP contribution in [-0.2, 0) is 6.54 Å². The lowest BCUT2D eigenvalue weighted by atomic mass is 10.1. The van der Waals surface area contributed by atoms with E-state index in [-0.39, 0.29) is 5.82 Å². The third-order valence-corrected chi connectivity index (χ3v) is 4.47. The van der Waals surface area contributed by atoms with Gasteiger partial charge in [-0.2, -0.15) is 0 Å². The lowest BCUT2D eigenvalue weighted by molar-refractivity contribution is 0.625. The predicted octanol–water partition coefficient (Wildman–Crippen LogP) is 4.46. The Kier molecular flexibility index (Phi) is 3.37. The first kappa shape index (κ1) is 12.2. The summed E-state index contributed by atoms with van der Waals surface area (Å²) in [7, 11) is 0. The summed E-state index contributed by atoms with van der Waals surface area (Å²) in [5.41, 5.74) is 2.01. The second-order valence-electron chi connectivity index (χ2n) is 4.55. The third-order valence-electron chi connectivity index (χ3n) is 3.09. The molecule has 1 N–H and O–H groups in total. The van der Waals surface area contributed by atoms with E-state index < -0.39 is 0 Å². The van der Waals surface area contributed by atoms with Crippen molar-refractivity contribution in [2.75, 3.05) is 0 Å². The summed E-state index contributed by atoms with van der Waals surface area (Å²) in [5, 5.41) is 6.08. The molecule has 0 bridgehead atoms. The van der Waals surface area contributed by atoms with Crippen LogP contribution < -0.4 is 5.32 Å². The largest absolute Gasteiger partial charge is 0.310 e. The number of nitrogens with one attached hydrogen (secondary N) is 1. The van der Waals surface area contributed by atoms with Gasteiger partial charge in [-0.25, -0.2) is 4.39 Å². The number of benzene rings is 1. The van der Waals surface area contributed by atoms with Crippen molar-refractivity contribution in [3.63, 3.8) is 0 Å². The van der Waals surface area contributed by atoms with Crippen LogP contribution in [0.5, 0.6) is 0 Å². The van der Waals surface area contributed by atoms with Crippen LogP contribution in [0, 0.1) is 5.82 Å². The first-order valence-electron chi connectivity index (χ1n) is 5.99. The molecule has 1 aromatic heterocycles. The molecule has 1 saturated carbocycles. The highest BCUT2D eigenvalue weighted by Crippen LogP contribution is 2.36. The second-order valence-corrected chi connectivity index (χ2v) is 5.88. The molecule has 1 aliphatic carbocycles. The van der Waals surface area contributed by atoms with Gasteiger partial charge in [0, 0.05) is 18.2 Å². The van der Waals surface area contributed by atoms with Crippen molar-refractivity contribution in [1.29, 1.82) is 0 Å². The molecule has 1 aliphatic rings. The molecule has 94 valence electrons. The number of hydrogen-bond donors (Lipinski definition) is 1. The molecule has 1 heterocycles. The summed E-state index contributed by atoms with van der Waals surface area (Å²) in [6, 6.07) is 7.42. The van der Waals surface area contributed by atoms with Crippen molar-refractivity contribution in [2.45, 2.75) is 25.4 Å². The van der Waals surface area contributed by atoms with E-state index in [9.17, 15) is 4.39 Å². The van der Waals surface area contributed by atoms with Crippen LogP contribution in [0.2, 0.25) is 5.02 Å². The van der Waals surface area contributed by atoms with E-state index in [1.165, 1.54) is 18.9 Å². The van der Waals surface area contributed by atoms with Crippen molar-refractivity contribution < 1.29 is 4.39 Å². The fraction of sp³-hybridized carbons (Fsp3) is 0.286. The van der Waals surface area contributed by atoms with E-state index in [4.69, 9.17) is 11.6 Å². The molecule has 0 saturated heterocycles. The zero-order chi connectivity index (χ0) is 12.5. The molecule has 0 amide bonds. The standard InChI is InChI=1S/C14H13ClFNS/c15-13-5-6-18-14(13)12-7-10(16)2-1-9(12)8-17-11-3-4-11/h1-2,5-7,11,17H,3-4,8H2. The predicted molar refractivity (Wildman–Crippen MR) is 74.6 cm³/mol. The van der Waals surface area contributed by atoms with Gasteiger partial charge in [-0.3, -0.25) is 0 Å². The van der Waals surface area contributed by atoms with Crippen molar-refractivity contribution in [2.24, 2.45) is 0 Å². The minimum atomic E-state index is -0.218. The Hall–Kier alpha value is -0.900. The summed E-state index contributed by atoms with van der Waals surface area (Å²) in [6.45, 7) is 0.772. The Morgan fingerprint density at radius 3 is 2.83 bits per heavy atom. The lowest BCUT2D eigenvalue weighted by Crippen LogP contribution is -2.15. The van der Waals surface area contributed by atoms with E-state index in [0.717, 1.165) is 22.5 Å². The summed E-state index contributed by atoms with van der Waals surface area (Å²) in [5.74, 6) is -0.218. The molecule has 1 aromatic carbocycles. The van der Waals surface area contributed by atoms with Gasteiger partial charge in [-0.15, -0.1) is 11.3 Å². The minimum absolute atomic E-state index is 0.218. The van der Waals surface area contributed by atoms with Crippen LogP contribution in [0.15, 0.2) is 29.6 Å². The molecule has 0 aliphatic heterocycles. The highest BCUT2D eigenvalue weighted by molar-refractivity contribution is 7.14. The van der Waals surface area contributed by atoms with Gasteiger partial charge in [0.15, 0.2) is 0 Å². The van der Waals surface area contributed by atoms with Crippen molar-refractivity contribution in [1.82, 2.24) is 5.32 Å². The zero-order valence-electron chi connectivity index (χ0n) is 9.75. The van der Waals surface area contributed by atoms with Gasteiger partial charge in [0.05, 0.1) is 9.90 Å². The monoisotopic (exact) mass is 281 g/mol. The molecule has 4 heteroatoms. The molecule has 18 heavy (non-hydrogen) atoms. The Labute approximate surface area is 115 Å². The average molecular weight is 282 g/mol. The van der Waals surface area contributed by atoms with Gasteiger partial charge in [0.2, 0.25) is 0 Å². The van der Waals surface area contributed by atoms with Crippen molar-refractivity contribution >= 4 is 22.9 Å². The van der Waals surface area contributed by atoms with E-state index in [1.54, 1.807) is 17.4 Å². The number of halogens is 2. The van der Waals surface area contributed by atoms with Gasteiger partial charge in [-0.05, 0) is 42.0 Å². The quantitative estimate of drug-likeness (QED) is 0.872. The molecule has 3 rings (SSSR count). The van der Waals surface area contributed by atoms with Crippen molar-refractivity contribution in [3.8, 4) is 10.4 Å². The van der Waals surface area contributed by atoms with Crippen molar-refractivity contribution in [3.05, 3.63) is 46.0 Å². The Morgan fingerprint density at radius 2 is 2.17 bits per heavy atom. The molecule has 0 spiro atoms. The van der Waals surface area contributed by atoms with Crippen LogP contribution in [0.3, 0.4) is 0 Å². The Morgan fingerprint density at radius 1 is 1.33 bits per heavy atom. The molecule has 0 atom stereocenters. The van der Waals surface area contributed by atoms with Crippen LogP contribution in [0.4, 0.5) is 4.39 Å².